The number of aliphatic hydroxyl groups excluding tert-OH is 1. The highest BCUT2D eigenvalue weighted by atomic mass is 16.5. The maximum Gasteiger partial charge on any atom is 0.0900 e. The lowest BCUT2D eigenvalue weighted by Crippen LogP contribution is -2.57. The first-order chi connectivity index (χ1) is 6.59. The van der Waals surface area contributed by atoms with Gasteiger partial charge in [-0.05, 0) is 20.9 Å². The van der Waals surface area contributed by atoms with Gasteiger partial charge in [-0.1, -0.05) is 0 Å². The number of ether oxygens (including phenoxy) is 1. The Balaban J connectivity index is 2.08. The lowest BCUT2D eigenvalue weighted by atomic mass is 10.1. The van der Waals surface area contributed by atoms with E-state index in [4.69, 9.17) is 4.74 Å². The molecule has 0 radical (unpaired) electrons. The fourth-order valence-corrected chi connectivity index (χ4v) is 1.42. The Kier molecular flexibility index (Phi) is 4.81. The SMILES string of the molecule is CC(C)OCC(O)CN(C)C1CNC1. The first kappa shape index (κ1) is 11.9. The van der Waals surface area contributed by atoms with E-state index in [-0.39, 0.29) is 12.2 Å². The number of aliphatic hydroxyl groups is 1. The van der Waals surface area contributed by atoms with Gasteiger partial charge in [-0.3, -0.25) is 4.90 Å². The highest BCUT2D eigenvalue weighted by Gasteiger charge is 2.22. The molecule has 1 rings (SSSR count). The van der Waals surface area contributed by atoms with E-state index >= 15 is 0 Å². The van der Waals surface area contributed by atoms with Gasteiger partial charge in [-0.15, -0.1) is 0 Å². The smallest absolute Gasteiger partial charge is 0.0900 e. The largest absolute Gasteiger partial charge is 0.389 e. The van der Waals surface area contributed by atoms with Crippen molar-refractivity contribution in [2.75, 3.05) is 33.3 Å². The van der Waals surface area contributed by atoms with Gasteiger partial charge < -0.3 is 15.2 Å². The van der Waals surface area contributed by atoms with Gasteiger partial charge in [0.05, 0.1) is 18.8 Å². The normalized spacial score (nSPS) is 20.1. The van der Waals surface area contributed by atoms with Gasteiger partial charge in [-0.25, -0.2) is 0 Å². The number of likely N-dealkylation sites (N-methyl/N-ethyl adjacent to an activating group) is 1. The average Bonchev–Trinajstić information content (AvgIpc) is 1.97. The van der Waals surface area contributed by atoms with Gasteiger partial charge in [0, 0.05) is 25.7 Å². The van der Waals surface area contributed by atoms with Crippen molar-refractivity contribution in [1.82, 2.24) is 10.2 Å². The average molecular weight is 202 g/mol. The Morgan fingerprint density at radius 3 is 2.57 bits per heavy atom. The van der Waals surface area contributed by atoms with E-state index in [2.05, 4.69) is 10.2 Å². The molecule has 1 heterocycles. The standard InChI is InChI=1S/C10H22N2O2/c1-8(2)14-7-10(13)6-12(3)9-4-11-5-9/h8-11,13H,4-7H2,1-3H3. The molecule has 14 heavy (non-hydrogen) atoms. The van der Waals surface area contributed by atoms with Crippen LogP contribution in [0.3, 0.4) is 0 Å². The number of hydrogen-bond acceptors (Lipinski definition) is 4. The molecule has 2 N–H and O–H groups in total. The molecule has 0 bridgehead atoms. The third-order valence-corrected chi connectivity index (χ3v) is 2.50. The van der Waals surface area contributed by atoms with E-state index in [0.717, 1.165) is 13.1 Å². The van der Waals surface area contributed by atoms with Crippen molar-refractivity contribution in [1.29, 1.82) is 0 Å². The van der Waals surface area contributed by atoms with E-state index in [1.807, 2.05) is 20.9 Å². The lowest BCUT2D eigenvalue weighted by molar-refractivity contribution is -0.0130. The van der Waals surface area contributed by atoms with Crippen LogP contribution in [-0.2, 0) is 4.74 Å². The van der Waals surface area contributed by atoms with E-state index in [0.29, 0.717) is 19.2 Å². The molecule has 1 atom stereocenters. The van der Waals surface area contributed by atoms with Gasteiger partial charge in [0.2, 0.25) is 0 Å². The van der Waals surface area contributed by atoms with Crippen LogP contribution in [0.4, 0.5) is 0 Å². The minimum Gasteiger partial charge on any atom is -0.389 e. The minimum absolute atomic E-state index is 0.195. The Morgan fingerprint density at radius 1 is 1.50 bits per heavy atom. The van der Waals surface area contributed by atoms with Crippen molar-refractivity contribution >= 4 is 0 Å². The molecule has 1 aliphatic rings. The monoisotopic (exact) mass is 202 g/mol. The quantitative estimate of drug-likeness (QED) is 0.619. The van der Waals surface area contributed by atoms with Crippen LogP contribution in [0.1, 0.15) is 13.8 Å². The number of nitrogens with one attached hydrogen (secondary N) is 1. The summed E-state index contributed by atoms with van der Waals surface area (Å²) in [4.78, 5) is 2.19. The van der Waals surface area contributed by atoms with Gasteiger partial charge in [-0.2, -0.15) is 0 Å². The molecule has 1 unspecified atom stereocenters. The van der Waals surface area contributed by atoms with Crippen molar-refractivity contribution in [3.05, 3.63) is 0 Å². The first-order valence-electron chi connectivity index (χ1n) is 5.30. The summed E-state index contributed by atoms with van der Waals surface area (Å²) in [6.07, 6.45) is -0.177. The molecule has 0 aromatic heterocycles. The number of hydrogen-bond donors (Lipinski definition) is 2. The molecular weight excluding hydrogens is 180 g/mol. The van der Waals surface area contributed by atoms with Crippen LogP contribution in [-0.4, -0.2) is 61.5 Å². The van der Waals surface area contributed by atoms with Crippen LogP contribution in [0.15, 0.2) is 0 Å². The lowest BCUT2D eigenvalue weighted by Gasteiger charge is -2.36. The Labute approximate surface area is 86.2 Å². The zero-order chi connectivity index (χ0) is 10.6. The van der Waals surface area contributed by atoms with Gasteiger partial charge in [0.15, 0.2) is 0 Å². The molecule has 84 valence electrons. The topological polar surface area (TPSA) is 44.7 Å². The summed E-state index contributed by atoms with van der Waals surface area (Å²) in [5.74, 6) is 0. The Morgan fingerprint density at radius 2 is 2.14 bits per heavy atom. The fourth-order valence-electron chi connectivity index (χ4n) is 1.42. The third kappa shape index (κ3) is 3.92. The summed E-state index contributed by atoms with van der Waals surface area (Å²) in [6.45, 7) is 7.16. The molecule has 4 heteroatoms. The Bertz CT molecular complexity index is 160. The highest BCUT2D eigenvalue weighted by Crippen LogP contribution is 2.03. The zero-order valence-electron chi connectivity index (χ0n) is 9.36. The molecule has 0 aliphatic carbocycles. The number of nitrogens with zero attached hydrogens (tertiary/aromatic N) is 1. The van der Waals surface area contributed by atoms with Crippen molar-refractivity contribution < 1.29 is 9.84 Å². The van der Waals surface area contributed by atoms with Crippen molar-refractivity contribution in [3.8, 4) is 0 Å². The summed E-state index contributed by atoms with van der Waals surface area (Å²) in [6, 6.07) is 0.587. The summed E-state index contributed by atoms with van der Waals surface area (Å²) in [5.41, 5.74) is 0. The molecule has 0 aromatic carbocycles. The van der Waals surface area contributed by atoms with E-state index in [1.54, 1.807) is 0 Å². The molecule has 0 aromatic rings. The van der Waals surface area contributed by atoms with Crippen LogP contribution in [0.25, 0.3) is 0 Å². The fraction of sp³-hybridized carbons (Fsp3) is 1.00. The second-order valence-electron chi connectivity index (χ2n) is 4.29. The maximum atomic E-state index is 9.65. The van der Waals surface area contributed by atoms with Crippen LogP contribution in [0.2, 0.25) is 0 Å². The molecule has 0 amide bonds. The predicted octanol–water partition coefficient (Wildman–Crippen LogP) is -0.324. The molecular formula is C10H22N2O2. The molecule has 1 fully saturated rings. The van der Waals surface area contributed by atoms with Crippen LogP contribution >= 0.6 is 0 Å². The summed E-state index contributed by atoms with van der Waals surface area (Å²) < 4.78 is 5.34. The summed E-state index contributed by atoms with van der Waals surface area (Å²) in [5, 5.41) is 12.9. The third-order valence-electron chi connectivity index (χ3n) is 2.50. The predicted molar refractivity (Wildman–Crippen MR) is 56.4 cm³/mol. The van der Waals surface area contributed by atoms with Gasteiger partial charge in [0.25, 0.3) is 0 Å². The van der Waals surface area contributed by atoms with Crippen molar-refractivity contribution in [3.63, 3.8) is 0 Å². The molecule has 1 aliphatic heterocycles. The van der Waals surface area contributed by atoms with Crippen molar-refractivity contribution in [2.24, 2.45) is 0 Å². The second kappa shape index (κ2) is 5.66. The second-order valence-corrected chi connectivity index (χ2v) is 4.29. The molecule has 1 saturated heterocycles. The van der Waals surface area contributed by atoms with E-state index in [1.165, 1.54) is 0 Å². The zero-order valence-corrected chi connectivity index (χ0v) is 9.36. The molecule has 4 nitrogen and oxygen atoms in total. The molecule has 0 saturated carbocycles. The highest BCUT2D eigenvalue weighted by molar-refractivity contribution is 4.83. The van der Waals surface area contributed by atoms with Gasteiger partial charge in [0.1, 0.15) is 0 Å². The molecule has 0 spiro atoms. The first-order valence-corrected chi connectivity index (χ1v) is 5.30. The van der Waals surface area contributed by atoms with E-state index in [9.17, 15) is 5.11 Å². The van der Waals surface area contributed by atoms with Crippen LogP contribution in [0.5, 0.6) is 0 Å². The maximum absolute atomic E-state index is 9.65. The summed E-state index contributed by atoms with van der Waals surface area (Å²) >= 11 is 0. The van der Waals surface area contributed by atoms with Gasteiger partial charge >= 0.3 is 0 Å². The Hall–Kier alpha value is -0.160. The summed E-state index contributed by atoms with van der Waals surface area (Å²) in [7, 11) is 2.05. The minimum atomic E-state index is -0.372. The van der Waals surface area contributed by atoms with Crippen LogP contribution < -0.4 is 5.32 Å². The van der Waals surface area contributed by atoms with Crippen LogP contribution in [0, 0.1) is 0 Å². The number of rotatable bonds is 6. The van der Waals surface area contributed by atoms with Crippen molar-refractivity contribution in [2.45, 2.75) is 32.1 Å². The van der Waals surface area contributed by atoms with E-state index < -0.39 is 0 Å².